The highest BCUT2D eigenvalue weighted by atomic mass is 19.1. The number of hydrogen-bond acceptors (Lipinski definition) is 2. The van der Waals surface area contributed by atoms with Crippen molar-refractivity contribution in [3.8, 4) is 0 Å². The Balaban J connectivity index is 1.75. The lowest BCUT2D eigenvalue weighted by Crippen LogP contribution is -2.27. The zero-order chi connectivity index (χ0) is 20.8. The number of fused-ring (bicyclic) bond motifs is 3. The third-order valence-electron chi connectivity index (χ3n) is 6.15. The normalized spacial score (nSPS) is 14.6. The molecule has 2 heterocycles. The molecule has 0 bridgehead atoms. The number of rotatable bonds is 3. The van der Waals surface area contributed by atoms with Crippen LogP contribution >= 0.6 is 0 Å². The number of para-hydroxylation sites is 1. The van der Waals surface area contributed by atoms with E-state index in [1.165, 1.54) is 24.3 Å². The highest BCUT2D eigenvalue weighted by molar-refractivity contribution is 6.20. The van der Waals surface area contributed by atoms with Crippen molar-refractivity contribution in [3.63, 3.8) is 0 Å². The molecule has 1 aliphatic carbocycles. The van der Waals surface area contributed by atoms with E-state index >= 15 is 0 Å². The van der Waals surface area contributed by atoms with Gasteiger partial charge in [0.15, 0.2) is 0 Å². The van der Waals surface area contributed by atoms with Gasteiger partial charge in [-0.2, -0.15) is 0 Å². The van der Waals surface area contributed by atoms with Crippen molar-refractivity contribution in [2.24, 2.45) is 7.05 Å². The van der Waals surface area contributed by atoms with E-state index in [4.69, 9.17) is 0 Å². The van der Waals surface area contributed by atoms with Crippen molar-refractivity contribution < 1.29 is 9.18 Å². The van der Waals surface area contributed by atoms with E-state index in [9.17, 15) is 14.0 Å². The van der Waals surface area contributed by atoms with Crippen LogP contribution in [-0.2, 0) is 7.05 Å². The summed E-state index contributed by atoms with van der Waals surface area (Å²) in [5.41, 5.74) is 2.35. The minimum absolute atomic E-state index is 0.0612. The second-order valence-corrected chi connectivity index (χ2v) is 7.95. The van der Waals surface area contributed by atoms with Gasteiger partial charge in [-0.3, -0.25) is 9.59 Å². The molecule has 0 unspecified atom stereocenters. The summed E-state index contributed by atoms with van der Waals surface area (Å²) in [6, 6.07) is 13.5. The van der Waals surface area contributed by atoms with E-state index < -0.39 is 0 Å². The van der Waals surface area contributed by atoms with Crippen LogP contribution in [0.1, 0.15) is 42.1 Å². The Morgan fingerprint density at radius 2 is 1.77 bits per heavy atom. The second kappa shape index (κ2) is 7.13. The van der Waals surface area contributed by atoms with E-state index in [2.05, 4.69) is 5.32 Å². The van der Waals surface area contributed by atoms with Crippen LogP contribution in [0.2, 0.25) is 0 Å². The molecule has 1 aliphatic rings. The van der Waals surface area contributed by atoms with Crippen LogP contribution in [0.4, 0.5) is 10.1 Å². The molecule has 0 saturated heterocycles. The molecular formula is C24H22FN3O2. The molecule has 0 aliphatic heterocycles. The highest BCUT2D eigenvalue weighted by Crippen LogP contribution is 2.33. The largest absolute Gasteiger partial charge is 0.339 e. The monoisotopic (exact) mass is 403 g/mol. The second-order valence-electron chi connectivity index (χ2n) is 7.95. The van der Waals surface area contributed by atoms with E-state index in [0.717, 1.165) is 36.6 Å². The van der Waals surface area contributed by atoms with Crippen molar-refractivity contribution in [1.29, 1.82) is 0 Å². The number of hydrogen-bond donors (Lipinski definition) is 1. The van der Waals surface area contributed by atoms with Gasteiger partial charge in [-0.15, -0.1) is 0 Å². The van der Waals surface area contributed by atoms with Crippen LogP contribution in [0.15, 0.2) is 59.5 Å². The molecule has 1 saturated carbocycles. The molecule has 2 aromatic carbocycles. The number of halogens is 1. The minimum atomic E-state index is -0.362. The fourth-order valence-electron chi connectivity index (χ4n) is 4.66. The standard InChI is InChI=1S/C24H22FN3O2/c1-27-20-9-5-4-8-18(20)21-19(23(29)26-16-12-10-15(25)11-13-16)14-28(24(30)22(21)27)17-6-2-3-7-17/h4-5,8-14,17H,2-3,6-7H2,1H3,(H,26,29). The number of amides is 1. The molecule has 5 rings (SSSR count). The Morgan fingerprint density at radius 1 is 1.07 bits per heavy atom. The highest BCUT2D eigenvalue weighted by Gasteiger charge is 2.25. The number of anilines is 1. The average Bonchev–Trinajstić information content (AvgIpc) is 3.38. The third kappa shape index (κ3) is 2.91. The van der Waals surface area contributed by atoms with Crippen LogP contribution in [0.25, 0.3) is 21.8 Å². The fraction of sp³-hybridized carbons (Fsp3) is 0.250. The molecule has 1 amide bonds. The summed E-state index contributed by atoms with van der Waals surface area (Å²) in [7, 11) is 1.87. The van der Waals surface area contributed by atoms with Gasteiger partial charge in [-0.25, -0.2) is 4.39 Å². The maximum atomic E-state index is 13.4. The molecule has 6 heteroatoms. The van der Waals surface area contributed by atoms with E-state index in [1.807, 2.05) is 35.9 Å². The van der Waals surface area contributed by atoms with Gasteiger partial charge in [0.2, 0.25) is 0 Å². The Kier molecular flexibility index (Phi) is 4.42. The summed E-state index contributed by atoms with van der Waals surface area (Å²) in [6.45, 7) is 0. The lowest BCUT2D eigenvalue weighted by molar-refractivity contribution is 0.102. The molecule has 152 valence electrons. The van der Waals surface area contributed by atoms with Gasteiger partial charge in [-0.1, -0.05) is 31.0 Å². The van der Waals surface area contributed by atoms with Gasteiger partial charge < -0.3 is 14.5 Å². The van der Waals surface area contributed by atoms with E-state index in [-0.39, 0.29) is 23.3 Å². The number of aryl methyl sites for hydroxylation is 1. The Labute approximate surface area is 172 Å². The maximum absolute atomic E-state index is 13.4. The first-order chi connectivity index (χ1) is 14.5. The summed E-state index contributed by atoms with van der Waals surface area (Å²) >= 11 is 0. The third-order valence-corrected chi connectivity index (χ3v) is 6.15. The number of aromatic nitrogens is 2. The topological polar surface area (TPSA) is 56.0 Å². The summed E-state index contributed by atoms with van der Waals surface area (Å²) in [6.07, 6.45) is 5.76. The first kappa shape index (κ1) is 18.6. The number of carbonyl (C=O) groups excluding carboxylic acids is 1. The zero-order valence-corrected chi connectivity index (χ0v) is 16.7. The summed E-state index contributed by atoms with van der Waals surface area (Å²) in [5.74, 6) is -0.672. The predicted molar refractivity (Wildman–Crippen MR) is 117 cm³/mol. The van der Waals surface area contributed by atoms with Crippen molar-refractivity contribution >= 4 is 33.4 Å². The molecule has 5 nitrogen and oxygen atoms in total. The summed E-state index contributed by atoms with van der Waals surface area (Å²) < 4.78 is 16.9. The van der Waals surface area contributed by atoms with Gasteiger partial charge in [0.05, 0.1) is 5.56 Å². The quantitative estimate of drug-likeness (QED) is 0.523. The van der Waals surface area contributed by atoms with E-state index in [0.29, 0.717) is 22.2 Å². The molecule has 1 N–H and O–H groups in total. The number of benzene rings is 2. The Hall–Kier alpha value is -3.41. The average molecular weight is 403 g/mol. The summed E-state index contributed by atoms with van der Waals surface area (Å²) in [4.78, 5) is 26.8. The van der Waals surface area contributed by atoms with Gasteiger partial charge in [0.1, 0.15) is 11.3 Å². The van der Waals surface area contributed by atoms with E-state index in [1.54, 1.807) is 10.8 Å². The Morgan fingerprint density at radius 3 is 2.50 bits per heavy atom. The van der Waals surface area contributed by atoms with Crippen molar-refractivity contribution in [3.05, 3.63) is 76.5 Å². The van der Waals surface area contributed by atoms with Gasteiger partial charge in [0, 0.05) is 41.3 Å². The fourth-order valence-corrected chi connectivity index (χ4v) is 4.66. The zero-order valence-electron chi connectivity index (χ0n) is 16.7. The van der Waals surface area contributed by atoms with Crippen LogP contribution < -0.4 is 10.9 Å². The maximum Gasteiger partial charge on any atom is 0.275 e. The number of nitrogens with zero attached hydrogens (tertiary/aromatic N) is 2. The minimum Gasteiger partial charge on any atom is -0.339 e. The number of nitrogens with one attached hydrogen (secondary N) is 1. The van der Waals surface area contributed by atoms with Crippen molar-refractivity contribution in [1.82, 2.24) is 9.13 Å². The van der Waals surface area contributed by atoms with Gasteiger partial charge in [-0.05, 0) is 43.2 Å². The lowest BCUT2D eigenvalue weighted by Gasteiger charge is -2.16. The van der Waals surface area contributed by atoms with Gasteiger partial charge in [0.25, 0.3) is 11.5 Å². The molecule has 1 fully saturated rings. The van der Waals surface area contributed by atoms with Crippen molar-refractivity contribution in [2.75, 3.05) is 5.32 Å². The molecule has 4 aromatic rings. The molecule has 0 spiro atoms. The smallest absolute Gasteiger partial charge is 0.275 e. The number of pyridine rings is 1. The summed E-state index contributed by atoms with van der Waals surface area (Å²) in [5, 5.41) is 4.39. The van der Waals surface area contributed by atoms with Crippen LogP contribution in [-0.4, -0.2) is 15.0 Å². The van der Waals surface area contributed by atoms with Crippen LogP contribution in [0, 0.1) is 5.82 Å². The van der Waals surface area contributed by atoms with Gasteiger partial charge >= 0.3 is 0 Å². The molecular weight excluding hydrogens is 381 g/mol. The predicted octanol–water partition coefficient (Wildman–Crippen LogP) is 5.00. The van der Waals surface area contributed by atoms with Crippen LogP contribution in [0.3, 0.4) is 0 Å². The molecule has 0 radical (unpaired) electrons. The van der Waals surface area contributed by atoms with Crippen molar-refractivity contribution in [2.45, 2.75) is 31.7 Å². The first-order valence-corrected chi connectivity index (χ1v) is 10.2. The SMILES string of the molecule is Cn1c2ccccc2c2c(C(=O)Nc3ccc(F)cc3)cn(C3CCCC3)c(=O)c21. The Bertz CT molecular complexity index is 1330. The first-order valence-electron chi connectivity index (χ1n) is 10.2. The molecule has 0 atom stereocenters. The molecule has 30 heavy (non-hydrogen) atoms. The molecule has 2 aromatic heterocycles. The van der Waals surface area contributed by atoms with Crippen LogP contribution in [0.5, 0.6) is 0 Å². The lowest BCUT2D eigenvalue weighted by atomic mass is 10.1. The number of carbonyl (C=O) groups is 1.